The third-order valence-corrected chi connectivity index (χ3v) is 14.7. The fourth-order valence-corrected chi connectivity index (χ4v) is 9.93. The Morgan fingerprint density at radius 2 is 0.890 bits per heavy atom. The van der Waals surface area contributed by atoms with Crippen molar-refractivity contribution in [3.63, 3.8) is 0 Å². The van der Waals surface area contributed by atoms with E-state index in [1.54, 1.807) is 42.7 Å². The molecule has 14 N–H and O–H groups in total. The number of hydrogen-bond donors (Lipinski definition) is 14. The molecule has 2 heterocycles. The summed E-state index contributed by atoms with van der Waals surface area (Å²) >= 11 is 3.80. The van der Waals surface area contributed by atoms with Crippen LogP contribution in [0, 0.1) is 7.14 Å². The van der Waals surface area contributed by atoms with Gasteiger partial charge in [-0.15, -0.1) is 0 Å². The molecule has 0 radical (unpaired) electrons. The van der Waals surface area contributed by atoms with Crippen LogP contribution in [0.4, 0.5) is 0 Å². The first kappa shape index (κ1) is 62.9. The van der Waals surface area contributed by atoms with Gasteiger partial charge in [-0.1, -0.05) is 48.5 Å². The smallest absolute Gasteiger partial charge is 0.326 e. The van der Waals surface area contributed by atoms with E-state index in [-0.39, 0.29) is 56.1 Å². The number of carboxylic acids is 1. The predicted molar refractivity (Wildman–Crippen MR) is 318 cm³/mol. The molecule has 0 unspecified atom stereocenters. The number of aromatic hydroxyl groups is 2. The summed E-state index contributed by atoms with van der Waals surface area (Å²) in [5.41, 5.74) is 3.80. The van der Waals surface area contributed by atoms with Crippen molar-refractivity contribution >= 4 is 126 Å². The van der Waals surface area contributed by atoms with Crippen molar-refractivity contribution in [2.75, 3.05) is 26.2 Å². The van der Waals surface area contributed by atoms with Gasteiger partial charge in [0.1, 0.15) is 41.7 Å². The fraction of sp³-hybridized carbons (Fsp3) is 0.321. The van der Waals surface area contributed by atoms with Gasteiger partial charge in [-0.05, 0) is 123 Å². The number of phenolic OH excluding ortho intramolecular Hbond substituents is 2. The number of aromatic nitrogens is 2. The number of unbranched alkanes of at least 4 members (excludes halogenated alkanes) is 1. The number of carbonyl (C=O) groups excluding carboxylic acids is 9. The molecule has 0 saturated carbocycles. The minimum absolute atomic E-state index is 0.00137. The minimum atomic E-state index is -1.42. The zero-order valence-corrected chi connectivity index (χ0v) is 48.9. The number of fused-ring (bicyclic) bond motifs is 2. The van der Waals surface area contributed by atoms with Crippen LogP contribution in [0.1, 0.15) is 55.4 Å². The Kier molecular flexibility index (Phi) is 23.4. The van der Waals surface area contributed by atoms with Crippen molar-refractivity contribution in [1.29, 1.82) is 0 Å². The number of hydrogen-bond acceptors (Lipinski definition) is 12. The van der Waals surface area contributed by atoms with Crippen LogP contribution in [0.2, 0.25) is 0 Å². The lowest BCUT2D eigenvalue weighted by atomic mass is 10.0. The van der Waals surface area contributed by atoms with Gasteiger partial charge in [-0.2, -0.15) is 0 Å². The topological polar surface area (TPSA) is 371 Å². The van der Waals surface area contributed by atoms with E-state index in [0.717, 1.165) is 21.8 Å². The van der Waals surface area contributed by atoms with E-state index in [9.17, 15) is 63.3 Å². The lowest BCUT2D eigenvalue weighted by molar-refractivity contribution is -0.142. The maximum absolute atomic E-state index is 14.2. The molecule has 2 aromatic heterocycles. The quantitative estimate of drug-likeness (QED) is 0.0235. The zero-order chi connectivity index (χ0) is 59.5. The standard InChI is InChI=1S/C56H63I2N11O13/c1-30(70)59-18-8-7-13-42(52(77)63-29-51(76)67-44(22-33-15-17-48(73)39(58)20-33)55(80)69-46(56(81)82)24-35-26-62-41-12-6-4-10-37(35)41)65-50(75)28-64-53(78)45(23-34-25-61-40-11-5-3-9-36(34)40)68-54(79)43(66-49(74)27-60-31(2)71)21-32-14-16-47(72)38(57)19-32/h3-6,9-12,14-17,19-20,25-26,42-46,61-62,72-73H,7-8,13,18,21-24,27-29H2,1-2H3,(H,59,70)(H,60,71)(H,63,77)(H,64,78)(H,65,75)(H,66,74)(H,67,76)(H,68,79)(H,69,80)(H,81,82)/t42-,43-,44-,45-,46-/m1/s1. The molecule has 4 aromatic carbocycles. The van der Waals surface area contributed by atoms with Gasteiger partial charge in [-0.25, -0.2) is 4.79 Å². The van der Waals surface area contributed by atoms with Crippen LogP contribution in [-0.4, -0.2) is 141 Å². The van der Waals surface area contributed by atoms with Gasteiger partial charge in [0, 0.05) is 80.3 Å². The third kappa shape index (κ3) is 19.2. The van der Waals surface area contributed by atoms with Crippen LogP contribution in [0.25, 0.3) is 21.8 Å². The lowest BCUT2D eigenvalue weighted by Gasteiger charge is -2.24. The third-order valence-electron chi connectivity index (χ3n) is 12.9. The molecule has 0 spiro atoms. The second kappa shape index (κ2) is 30.5. The van der Waals surface area contributed by atoms with Crippen LogP contribution in [0.15, 0.2) is 97.3 Å². The van der Waals surface area contributed by atoms with Crippen molar-refractivity contribution in [3.05, 3.63) is 127 Å². The molecule has 0 aliphatic rings. The molecule has 434 valence electrons. The highest BCUT2D eigenvalue weighted by Gasteiger charge is 2.31. The number of halogens is 2. The number of aromatic amines is 2. The van der Waals surface area contributed by atoms with Crippen molar-refractivity contribution in [1.82, 2.24) is 57.8 Å². The maximum Gasteiger partial charge on any atom is 0.326 e. The molecule has 82 heavy (non-hydrogen) atoms. The Labute approximate surface area is 497 Å². The SMILES string of the molecule is CC(=O)NCCCC[C@@H](NC(=O)CNC(=O)[C@@H](Cc1c[nH]c2ccccc12)NC(=O)[C@@H](Cc1ccc(O)c(I)c1)NC(=O)CNC(C)=O)C(=O)NCC(=O)N[C@H](Cc1ccc(O)c(I)c1)C(=O)N[C@H](Cc1c[nH]c2ccccc12)C(=O)O. The van der Waals surface area contributed by atoms with Crippen molar-refractivity contribution in [2.45, 2.75) is 89.0 Å². The van der Waals surface area contributed by atoms with Gasteiger partial charge in [-0.3, -0.25) is 43.2 Å². The Morgan fingerprint density at radius 1 is 0.476 bits per heavy atom. The number of rotatable bonds is 29. The molecule has 5 atom stereocenters. The molecule has 0 bridgehead atoms. The number of carboxylic acid groups (broad SMARTS) is 1. The summed E-state index contributed by atoms with van der Waals surface area (Å²) in [6, 6.07) is 16.8. The van der Waals surface area contributed by atoms with Gasteiger partial charge in [0.2, 0.25) is 53.2 Å². The number of phenols is 2. The molecule has 0 aliphatic heterocycles. The highest BCUT2D eigenvalue weighted by Crippen LogP contribution is 2.24. The molecule has 0 aliphatic carbocycles. The average molecular weight is 1350 g/mol. The number of aliphatic carboxylic acids is 1. The van der Waals surface area contributed by atoms with Gasteiger partial charge in [0.15, 0.2) is 0 Å². The van der Waals surface area contributed by atoms with Gasteiger partial charge >= 0.3 is 5.97 Å². The summed E-state index contributed by atoms with van der Waals surface area (Å²) in [4.78, 5) is 138. The van der Waals surface area contributed by atoms with Crippen LogP contribution in [0.5, 0.6) is 11.5 Å². The minimum Gasteiger partial charge on any atom is -0.507 e. The maximum atomic E-state index is 14.2. The Hall–Kier alpha value is -8.28. The Morgan fingerprint density at radius 3 is 1.35 bits per heavy atom. The van der Waals surface area contributed by atoms with Crippen molar-refractivity contribution in [3.8, 4) is 11.5 Å². The van der Waals surface area contributed by atoms with E-state index in [4.69, 9.17) is 0 Å². The number of para-hydroxylation sites is 2. The summed E-state index contributed by atoms with van der Waals surface area (Å²) in [5.74, 6) is -7.83. The van der Waals surface area contributed by atoms with Crippen molar-refractivity contribution in [2.24, 2.45) is 0 Å². The van der Waals surface area contributed by atoms with Gasteiger partial charge < -0.3 is 73.1 Å². The van der Waals surface area contributed by atoms with Crippen LogP contribution in [-0.2, 0) is 73.6 Å². The molecule has 0 fully saturated rings. The summed E-state index contributed by atoms with van der Waals surface area (Å²) in [6.07, 6.45) is 3.54. The monoisotopic (exact) mass is 1350 g/mol. The second-order valence-corrected chi connectivity index (χ2v) is 21.6. The number of carbonyl (C=O) groups is 10. The lowest BCUT2D eigenvalue weighted by Crippen LogP contribution is -2.57. The van der Waals surface area contributed by atoms with Crippen LogP contribution in [0.3, 0.4) is 0 Å². The highest BCUT2D eigenvalue weighted by atomic mass is 127. The fourth-order valence-electron chi connectivity index (χ4n) is 8.77. The molecule has 6 aromatic rings. The molecular formula is C56H63I2N11O13. The van der Waals surface area contributed by atoms with E-state index in [1.165, 1.54) is 32.0 Å². The molecule has 9 amide bonds. The predicted octanol–water partition coefficient (Wildman–Crippen LogP) is 1.72. The van der Waals surface area contributed by atoms with Gasteiger partial charge in [0.25, 0.3) is 0 Å². The average Bonchev–Trinajstić information content (AvgIpc) is 4.09. The first-order valence-corrected chi connectivity index (χ1v) is 28.1. The Balaban J connectivity index is 1.15. The molecule has 24 nitrogen and oxygen atoms in total. The van der Waals surface area contributed by atoms with Crippen LogP contribution >= 0.6 is 45.2 Å². The van der Waals surface area contributed by atoms with Crippen LogP contribution < -0.4 is 47.9 Å². The summed E-state index contributed by atoms with van der Waals surface area (Å²) in [6.45, 7) is 0.944. The summed E-state index contributed by atoms with van der Waals surface area (Å²) in [7, 11) is 0. The first-order chi connectivity index (χ1) is 39.1. The number of amides is 9. The normalized spacial score (nSPS) is 12.8. The molecule has 6 rings (SSSR count). The second-order valence-electron chi connectivity index (χ2n) is 19.3. The van der Waals surface area contributed by atoms with E-state index in [1.807, 2.05) is 81.6 Å². The van der Waals surface area contributed by atoms with E-state index in [0.29, 0.717) is 42.2 Å². The van der Waals surface area contributed by atoms with E-state index in [2.05, 4.69) is 57.8 Å². The number of nitrogens with one attached hydrogen (secondary N) is 11. The molecular weight excluding hydrogens is 1290 g/mol. The number of benzene rings is 4. The Bertz CT molecular complexity index is 3330. The van der Waals surface area contributed by atoms with Crippen molar-refractivity contribution < 1.29 is 63.3 Å². The van der Waals surface area contributed by atoms with Gasteiger partial charge in [0.05, 0.1) is 26.8 Å². The van der Waals surface area contributed by atoms with E-state index < -0.39 is 103 Å². The molecule has 0 saturated heterocycles. The zero-order valence-electron chi connectivity index (χ0n) is 44.6. The summed E-state index contributed by atoms with van der Waals surface area (Å²) < 4.78 is 0.918. The van der Waals surface area contributed by atoms with E-state index >= 15 is 0 Å². The highest BCUT2D eigenvalue weighted by molar-refractivity contribution is 14.1. The first-order valence-electron chi connectivity index (χ1n) is 25.9. The molecule has 26 heteroatoms. The number of H-pyrrole nitrogens is 2. The summed E-state index contributed by atoms with van der Waals surface area (Å²) in [5, 5.41) is 55.1. The largest absolute Gasteiger partial charge is 0.507 e.